The first-order valence-electron chi connectivity index (χ1n) is 9.88. The van der Waals surface area contributed by atoms with E-state index in [4.69, 9.17) is 14.2 Å². The van der Waals surface area contributed by atoms with E-state index in [0.29, 0.717) is 22.9 Å². The molecular formula is C25H24N2O4. The molecule has 6 nitrogen and oxygen atoms in total. The molecule has 0 fully saturated rings. The van der Waals surface area contributed by atoms with Gasteiger partial charge in [-0.2, -0.15) is 0 Å². The number of fused-ring (bicyclic) bond motifs is 1. The number of aromatic nitrogens is 1. The van der Waals surface area contributed by atoms with Crippen molar-refractivity contribution in [1.29, 1.82) is 0 Å². The minimum absolute atomic E-state index is 0.159. The first kappa shape index (κ1) is 20.3. The van der Waals surface area contributed by atoms with Crippen LogP contribution in [0, 0.1) is 0 Å². The second-order valence-electron chi connectivity index (χ2n) is 7.00. The molecule has 0 aliphatic carbocycles. The van der Waals surface area contributed by atoms with Gasteiger partial charge in [-0.1, -0.05) is 48.5 Å². The number of carbonyl (C=O) groups is 1. The van der Waals surface area contributed by atoms with Gasteiger partial charge in [0.15, 0.2) is 11.5 Å². The summed E-state index contributed by atoms with van der Waals surface area (Å²) in [5, 5.41) is 4.03. The third kappa shape index (κ3) is 4.05. The Hall–Kier alpha value is -3.93. The van der Waals surface area contributed by atoms with E-state index in [-0.39, 0.29) is 12.5 Å². The van der Waals surface area contributed by atoms with E-state index in [1.807, 2.05) is 53.1 Å². The topological polar surface area (TPSA) is 61.7 Å². The first-order chi connectivity index (χ1) is 15.1. The Kier molecular flexibility index (Phi) is 5.80. The average molecular weight is 416 g/mol. The van der Waals surface area contributed by atoms with Crippen LogP contribution in [0.3, 0.4) is 0 Å². The van der Waals surface area contributed by atoms with E-state index in [0.717, 1.165) is 22.2 Å². The van der Waals surface area contributed by atoms with Crippen LogP contribution in [0.2, 0.25) is 0 Å². The Balaban J connectivity index is 1.67. The van der Waals surface area contributed by atoms with E-state index in [9.17, 15) is 4.79 Å². The normalized spacial score (nSPS) is 10.7. The van der Waals surface area contributed by atoms with E-state index >= 15 is 0 Å². The largest absolute Gasteiger partial charge is 0.493 e. The number of methoxy groups -OCH3 is 3. The van der Waals surface area contributed by atoms with Crippen molar-refractivity contribution in [3.8, 4) is 28.5 Å². The molecule has 158 valence electrons. The molecule has 1 amide bonds. The van der Waals surface area contributed by atoms with E-state index in [2.05, 4.69) is 17.4 Å². The molecule has 1 aromatic heterocycles. The van der Waals surface area contributed by atoms with Crippen molar-refractivity contribution in [2.24, 2.45) is 0 Å². The average Bonchev–Trinajstić information content (AvgIpc) is 3.17. The van der Waals surface area contributed by atoms with Gasteiger partial charge in [0.2, 0.25) is 11.7 Å². The molecule has 0 aliphatic heterocycles. The van der Waals surface area contributed by atoms with Gasteiger partial charge in [-0.25, -0.2) is 0 Å². The fourth-order valence-electron chi connectivity index (χ4n) is 3.73. The van der Waals surface area contributed by atoms with Gasteiger partial charge in [0.1, 0.15) is 6.54 Å². The third-order valence-corrected chi connectivity index (χ3v) is 5.13. The van der Waals surface area contributed by atoms with Crippen LogP contribution in [-0.4, -0.2) is 31.8 Å². The first-order valence-corrected chi connectivity index (χ1v) is 9.88. The molecule has 6 heteroatoms. The molecule has 4 rings (SSSR count). The summed E-state index contributed by atoms with van der Waals surface area (Å²) in [6.07, 6.45) is 0. The SMILES string of the molecule is COc1cc(NC(=O)Cn2c(-c3ccccc3)cc3ccccc32)cc(OC)c1OC. The molecule has 1 heterocycles. The molecule has 3 aromatic carbocycles. The fourth-order valence-corrected chi connectivity index (χ4v) is 3.73. The summed E-state index contributed by atoms with van der Waals surface area (Å²) < 4.78 is 18.1. The summed E-state index contributed by atoms with van der Waals surface area (Å²) in [7, 11) is 4.63. The van der Waals surface area contributed by atoms with Crippen LogP contribution in [0.15, 0.2) is 72.8 Å². The number of rotatable bonds is 7. The summed E-state index contributed by atoms with van der Waals surface area (Å²) in [4.78, 5) is 13.0. The zero-order chi connectivity index (χ0) is 21.8. The highest BCUT2D eigenvalue weighted by atomic mass is 16.5. The number of nitrogens with one attached hydrogen (secondary N) is 1. The van der Waals surface area contributed by atoms with Crippen LogP contribution in [0.5, 0.6) is 17.2 Å². The van der Waals surface area contributed by atoms with Gasteiger partial charge in [-0.15, -0.1) is 0 Å². The second kappa shape index (κ2) is 8.83. The number of anilines is 1. The lowest BCUT2D eigenvalue weighted by Crippen LogP contribution is -2.19. The smallest absolute Gasteiger partial charge is 0.244 e. The zero-order valence-corrected chi connectivity index (χ0v) is 17.7. The number of para-hydroxylation sites is 1. The summed E-state index contributed by atoms with van der Waals surface area (Å²) in [5.74, 6) is 1.28. The molecular weight excluding hydrogens is 392 g/mol. The van der Waals surface area contributed by atoms with Gasteiger partial charge in [-0.05, 0) is 17.7 Å². The highest BCUT2D eigenvalue weighted by Gasteiger charge is 2.17. The number of hydrogen-bond donors (Lipinski definition) is 1. The molecule has 1 N–H and O–H groups in total. The maximum atomic E-state index is 13.0. The number of amides is 1. The van der Waals surface area contributed by atoms with Crippen LogP contribution >= 0.6 is 0 Å². The number of nitrogens with zero attached hydrogens (tertiary/aromatic N) is 1. The van der Waals surface area contributed by atoms with Gasteiger partial charge in [0, 0.05) is 34.4 Å². The molecule has 0 saturated heterocycles. The summed E-state index contributed by atoms with van der Waals surface area (Å²) in [6.45, 7) is 0.161. The summed E-state index contributed by atoms with van der Waals surface area (Å²) >= 11 is 0. The van der Waals surface area contributed by atoms with Crippen molar-refractivity contribution < 1.29 is 19.0 Å². The van der Waals surface area contributed by atoms with Crippen molar-refractivity contribution in [2.75, 3.05) is 26.6 Å². The number of ether oxygens (including phenoxy) is 3. The lowest BCUT2D eigenvalue weighted by molar-refractivity contribution is -0.116. The van der Waals surface area contributed by atoms with Crippen molar-refractivity contribution >= 4 is 22.5 Å². The maximum Gasteiger partial charge on any atom is 0.244 e. The molecule has 0 atom stereocenters. The Morgan fingerprint density at radius 2 is 1.48 bits per heavy atom. The molecule has 0 radical (unpaired) electrons. The lowest BCUT2D eigenvalue weighted by Gasteiger charge is -2.15. The fraction of sp³-hybridized carbons (Fsp3) is 0.160. The standard InChI is InChI=1S/C25H24N2O4/c1-29-22-14-19(15-23(30-2)25(22)31-3)26-24(28)16-27-20-12-8-7-11-18(20)13-21(27)17-9-5-4-6-10-17/h4-15H,16H2,1-3H3,(H,26,28). The quantitative estimate of drug-likeness (QED) is 0.462. The minimum atomic E-state index is -0.159. The summed E-state index contributed by atoms with van der Waals surface area (Å²) in [5.41, 5.74) is 3.61. The highest BCUT2D eigenvalue weighted by Crippen LogP contribution is 2.40. The van der Waals surface area contributed by atoms with Gasteiger partial charge < -0.3 is 24.1 Å². The number of hydrogen-bond acceptors (Lipinski definition) is 4. The van der Waals surface area contributed by atoms with Crippen LogP contribution in [0.4, 0.5) is 5.69 Å². The van der Waals surface area contributed by atoms with Crippen molar-refractivity contribution in [2.45, 2.75) is 6.54 Å². The minimum Gasteiger partial charge on any atom is -0.493 e. The Labute approximate surface area is 181 Å². The Bertz CT molecular complexity index is 1190. The lowest BCUT2D eigenvalue weighted by atomic mass is 10.1. The maximum absolute atomic E-state index is 13.0. The number of carbonyl (C=O) groups excluding carboxylic acids is 1. The molecule has 0 saturated carbocycles. The molecule has 4 aromatic rings. The predicted molar refractivity (Wildman–Crippen MR) is 122 cm³/mol. The zero-order valence-electron chi connectivity index (χ0n) is 17.7. The van der Waals surface area contributed by atoms with Crippen molar-refractivity contribution in [3.63, 3.8) is 0 Å². The van der Waals surface area contributed by atoms with Gasteiger partial charge in [0.05, 0.1) is 21.3 Å². The monoisotopic (exact) mass is 416 g/mol. The van der Waals surface area contributed by atoms with Gasteiger partial charge >= 0.3 is 0 Å². The van der Waals surface area contributed by atoms with Crippen LogP contribution in [0.1, 0.15) is 0 Å². The van der Waals surface area contributed by atoms with Gasteiger partial charge in [0.25, 0.3) is 0 Å². The highest BCUT2D eigenvalue weighted by molar-refractivity contribution is 5.94. The van der Waals surface area contributed by atoms with E-state index in [1.165, 1.54) is 0 Å². The number of benzene rings is 3. The van der Waals surface area contributed by atoms with Crippen LogP contribution in [-0.2, 0) is 11.3 Å². The molecule has 0 spiro atoms. The molecule has 0 bridgehead atoms. The van der Waals surface area contributed by atoms with Gasteiger partial charge in [-0.3, -0.25) is 4.79 Å². The van der Waals surface area contributed by atoms with Crippen molar-refractivity contribution in [3.05, 3.63) is 72.8 Å². The molecule has 0 unspecified atom stereocenters. The molecule has 31 heavy (non-hydrogen) atoms. The second-order valence-corrected chi connectivity index (χ2v) is 7.00. The summed E-state index contributed by atoms with van der Waals surface area (Å²) in [6, 6.07) is 23.6. The third-order valence-electron chi connectivity index (χ3n) is 5.13. The molecule has 0 aliphatic rings. The van der Waals surface area contributed by atoms with E-state index < -0.39 is 0 Å². The van der Waals surface area contributed by atoms with Crippen molar-refractivity contribution in [1.82, 2.24) is 4.57 Å². The predicted octanol–water partition coefficient (Wildman–Crippen LogP) is 4.97. The van der Waals surface area contributed by atoms with E-state index in [1.54, 1.807) is 33.5 Å². The van der Waals surface area contributed by atoms with Crippen LogP contribution < -0.4 is 19.5 Å². The van der Waals surface area contributed by atoms with Crippen LogP contribution in [0.25, 0.3) is 22.2 Å². The Morgan fingerprint density at radius 3 is 2.13 bits per heavy atom. The Morgan fingerprint density at radius 1 is 0.839 bits per heavy atom.